The van der Waals surface area contributed by atoms with E-state index in [1.54, 1.807) is 6.07 Å². The summed E-state index contributed by atoms with van der Waals surface area (Å²) >= 11 is 0. The third kappa shape index (κ3) is 2.91. The zero-order valence-electron chi connectivity index (χ0n) is 12.8. The molecule has 0 aromatic heterocycles. The van der Waals surface area contributed by atoms with Crippen LogP contribution in [-0.4, -0.2) is 23.9 Å². The molecule has 0 unspecified atom stereocenters. The second-order valence-corrected chi connectivity index (χ2v) is 5.74. The molecule has 1 amide bonds. The van der Waals surface area contributed by atoms with Crippen molar-refractivity contribution in [2.24, 2.45) is 0 Å². The molecule has 0 radical (unpaired) electrons. The van der Waals surface area contributed by atoms with Crippen molar-refractivity contribution < 1.29 is 4.79 Å². The van der Waals surface area contributed by atoms with Gasteiger partial charge in [0.2, 0.25) is 0 Å². The Hall–Kier alpha value is -2.49. The summed E-state index contributed by atoms with van der Waals surface area (Å²) in [5.74, 6) is 0.0756. The van der Waals surface area contributed by atoms with Crippen molar-refractivity contribution in [3.63, 3.8) is 0 Å². The van der Waals surface area contributed by atoms with Crippen LogP contribution in [0.5, 0.6) is 0 Å². The number of nitrogens with zero attached hydrogens (tertiary/aromatic N) is 1. The van der Waals surface area contributed by atoms with E-state index in [1.807, 2.05) is 48.2 Å². The van der Waals surface area contributed by atoms with Gasteiger partial charge in [0.1, 0.15) is 0 Å². The van der Waals surface area contributed by atoms with Gasteiger partial charge in [0.15, 0.2) is 0 Å². The molecule has 4 heteroatoms. The minimum atomic E-state index is 0.0756. The Bertz CT molecular complexity index is 690. The quantitative estimate of drug-likeness (QED) is 0.851. The van der Waals surface area contributed by atoms with Gasteiger partial charge in [-0.05, 0) is 49.6 Å². The number of aryl methyl sites for hydroxylation is 1. The van der Waals surface area contributed by atoms with Crippen molar-refractivity contribution in [1.82, 2.24) is 4.90 Å². The average Bonchev–Trinajstić information content (AvgIpc) is 3.05. The lowest BCUT2D eigenvalue weighted by Crippen LogP contribution is -2.27. The zero-order chi connectivity index (χ0) is 15.5. The van der Waals surface area contributed by atoms with Crippen LogP contribution in [0.4, 0.5) is 17.1 Å². The monoisotopic (exact) mass is 295 g/mol. The lowest BCUT2D eigenvalue weighted by Gasteiger charge is -2.17. The van der Waals surface area contributed by atoms with Crippen LogP contribution in [0.25, 0.3) is 0 Å². The Labute approximate surface area is 130 Å². The predicted molar refractivity (Wildman–Crippen MR) is 90.5 cm³/mol. The molecular formula is C18H21N3O. The normalized spacial score (nSPS) is 14.1. The standard InChI is InChI=1S/C18H21N3O/c1-13-6-2-3-7-16(13)20-17-9-8-14(12-15(17)19)18(22)21-10-4-5-11-21/h2-3,6-9,12,20H,4-5,10-11,19H2,1H3. The smallest absolute Gasteiger partial charge is 0.253 e. The molecule has 1 aliphatic heterocycles. The minimum absolute atomic E-state index is 0.0756. The number of hydrogen-bond acceptors (Lipinski definition) is 3. The molecule has 3 rings (SSSR count). The molecule has 1 saturated heterocycles. The maximum Gasteiger partial charge on any atom is 0.253 e. The topological polar surface area (TPSA) is 58.4 Å². The van der Waals surface area contributed by atoms with E-state index in [4.69, 9.17) is 5.73 Å². The predicted octanol–water partition coefficient (Wildman–Crippen LogP) is 3.56. The number of amides is 1. The van der Waals surface area contributed by atoms with E-state index in [1.165, 1.54) is 0 Å². The largest absolute Gasteiger partial charge is 0.397 e. The van der Waals surface area contributed by atoms with Crippen molar-refractivity contribution >= 4 is 23.0 Å². The number of nitrogens with two attached hydrogens (primary N) is 1. The molecule has 0 aliphatic carbocycles. The number of nitrogens with one attached hydrogen (secondary N) is 1. The highest BCUT2D eigenvalue weighted by Crippen LogP contribution is 2.26. The number of likely N-dealkylation sites (tertiary alicyclic amines) is 1. The first kappa shape index (κ1) is 14.4. The van der Waals surface area contributed by atoms with Crippen molar-refractivity contribution in [1.29, 1.82) is 0 Å². The average molecular weight is 295 g/mol. The number of nitrogen functional groups attached to an aromatic ring is 1. The van der Waals surface area contributed by atoms with Crippen LogP contribution in [0.3, 0.4) is 0 Å². The molecule has 0 saturated carbocycles. The van der Waals surface area contributed by atoms with Crippen LogP contribution in [0, 0.1) is 6.92 Å². The van der Waals surface area contributed by atoms with Crippen molar-refractivity contribution in [2.75, 3.05) is 24.1 Å². The van der Waals surface area contributed by atoms with Gasteiger partial charge in [-0.15, -0.1) is 0 Å². The Balaban J connectivity index is 1.80. The van der Waals surface area contributed by atoms with Gasteiger partial charge in [-0.1, -0.05) is 18.2 Å². The summed E-state index contributed by atoms with van der Waals surface area (Å²) in [6.45, 7) is 3.74. The van der Waals surface area contributed by atoms with E-state index < -0.39 is 0 Å². The van der Waals surface area contributed by atoms with Gasteiger partial charge in [0.05, 0.1) is 11.4 Å². The molecule has 2 aromatic carbocycles. The molecule has 3 N–H and O–H groups in total. The van der Waals surface area contributed by atoms with Gasteiger partial charge in [-0.2, -0.15) is 0 Å². The zero-order valence-corrected chi connectivity index (χ0v) is 12.8. The molecule has 1 aliphatic rings. The van der Waals surface area contributed by atoms with Gasteiger partial charge in [-0.3, -0.25) is 4.79 Å². The summed E-state index contributed by atoms with van der Waals surface area (Å²) in [4.78, 5) is 14.3. The number of para-hydroxylation sites is 1. The van der Waals surface area contributed by atoms with Gasteiger partial charge in [0, 0.05) is 24.3 Å². The fourth-order valence-electron chi connectivity index (χ4n) is 2.77. The lowest BCUT2D eigenvalue weighted by molar-refractivity contribution is 0.0793. The van der Waals surface area contributed by atoms with Gasteiger partial charge in [-0.25, -0.2) is 0 Å². The number of anilines is 3. The van der Waals surface area contributed by atoms with E-state index in [-0.39, 0.29) is 5.91 Å². The van der Waals surface area contributed by atoms with E-state index in [0.29, 0.717) is 11.3 Å². The highest BCUT2D eigenvalue weighted by Gasteiger charge is 2.19. The van der Waals surface area contributed by atoms with Gasteiger partial charge < -0.3 is 16.0 Å². The second-order valence-electron chi connectivity index (χ2n) is 5.74. The fourth-order valence-corrected chi connectivity index (χ4v) is 2.77. The highest BCUT2D eigenvalue weighted by atomic mass is 16.2. The van der Waals surface area contributed by atoms with Crippen LogP contribution in [0.15, 0.2) is 42.5 Å². The van der Waals surface area contributed by atoms with Crippen LogP contribution >= 0.6 is 0 Å². The van der Waals surface area contributed by atoms with Crippen LogP contribution in [0.1, 0.15) is 28.8 Å². The molecule has 0 atom stereocenters. The lowest BCUT2D eigenvalue weighted by atomic mass is 10.1. The van der Waals surface area contributed by atoms with E-state index in [2.05, 4.69) is 5.32 Å². The van der Waals surface area contributed by atoms with E-state index in [9.17, 15) is 4.79 Å². The van der Waals surface area contributed by atoms with Crippen LogP contribution in [-0.2, 0) is 0 Å². The Morgan fingerprint density at radius 1 is 1.09 bits per heavy atom. The maximum absolute atomic E-state index is 12.4. The third-order valence-corrected chi connectivity index (χ3v) is 4.11. The first-order chi connectivity index (χ1) is 10.6. The first-order valence-electron chi connectivity index (χ1n) is 7.66. The molecule has 0 bridgehead atoms. The molecule has 0 spiro atoms. The van der Waals surface area contributed by atoms with Crippen LogP contribution < -0.4 is 11.1 Å². The second kappa shape index (κ2) is 6.10. The fraction of sp³-hybridized carbons (Fsp3) is 0.278. The summed E-state index contributed by atoms with van der Waals surface area (Å²) in [7, 11) is 0. The summed E-state index contributed by atoms with van der Waals surface area (Å²) in [6.07, 6.45) is 2.18. The molecule has 2 aromatic rings. The van der Waals surface area contributed by atoms with Crippen molar-refractivity contribution in [2.45, 2.75) is 19.8 Å². The summed E-state index contributed by atoms with van der Waals surface area (Å²) in [5.41, 5.74) is 10.4. The number of rotatable bonds is 3. The van der Waals surface area contributed by atoms with Crippen LogP contribution in [0.2, 0.25) is 0 Å². The van der Waals surface area contributed by atoms with Gasteiger partial charge >= 0.3 is 0 Å². The molecular weight excluding hydrogens is 274 g/mol. The van der Waals surface area contributed by atoms with E-state index in [0.717, 1.165) is 42.9 Å². The number of benzene rings is 2. The van der Waals surface area contributed by atoms with E-state index >= 15 is 0 Å². The minimum Gasteiger partial charge on any atom is -0.397 e. The summed E-state index contributed by atoms with van der Waals surface area (Å²) in [6, 6.07) is 13.5. The molecule has 22 heavy (non-hydrogen) atoms. The molecule has 1 heterocycles. The van der Waals surface area contributed by atoms with Gasteiger partial charge in [0.25, 0.3) is 5.91 Å². The Morgan fingerprint density at radius 2 is 1.82 bits per heavy atom. The summed E-state index contributed by atoms with van der Waals surface area (Å²) in [5, 5.41) is 3.33. The number of carbonyl (C=O) groups excluding carboxylic acids is 1. The Morgan fingerprint density at radius 3 is 2.50 bits per heavy atom. The SMILES string of the molecule is Cc1ccccc1Nc1ccc(C(=O)N2CCCC2)cc1N. The Kier molecular flexibility index (Phi) is 4.00. The summed E-state index contributed by atoms with van der Waals surface area (Å²) < 4.78 is 0. The third-order valence-electron chi connectivity index (χ3n) is 4.11. The van der Waals surface area contributed by atoms with Crippen molar-refractivity contribution in [3.8, 4) is 0 Å². The molecule has 1 fully saturated rings. The van der Waals surface area contributed by atoms with Crippen molar-refractivity contribution in [3.05, 3.63) is 53.6 Å². The highest BCUT2D eigenvalue weighted by molar-refractivity contribution is 5.96. The number of carbonyl (C=O) groups is 1. The molecule has 114 valence electrons. The number of hydrogen-bond donors (Lipinski definition) is 2. The molecule has 4 nitrogen and oxygen atoms in total. The first-order valence-corrected chi connectivity index (χ1v) is 7.66. The maximum atomic E-state index is 12.4.